The first kappa shape index (κ1) is 16.1. The molecule has 6 heteroatoms. The molecule has 1 atom stereocenters. The highest BCUT2D eigenvalue weighted by Crippen LogP contribution is 2.03. The lowest BCUT2D eigenvalue weighted by Crippen LogP contribution is -2.44. The van der Waals surface area contributed by atoms with Crippen LogP contribution in [-0.4, -0.2) is 53.6 Å². The molecule has 0 bridgehead atoms. The van der Waals surface area contributed by atoms with E-state index in [-0.39, 0.29) is 12.6 Å². The van der Waals surface area contributed by atoms with E-state index in [4.69, 9.17) is 5.11 Å². The third-order valence-electron chi connectivity index (χ3n) is 2.16. The van der Waals surface area contributed by atoms with Gasteiger partial charge in [0.2, 0.25) is 0 Å². The fourth-order valence-corrected chi connectivity index (χ4v) is 2.09. The highest BCUT2D eigenvalue weighted by atomic mass is 32.2. The van der Waals surface area contributed by atoms with Crippen LogP contribution >= 0.6 is 11.8 Å². The molecular weight excluding hydrogens is 240 g/mol. The number of hydrogen-bond acceptors (Lipinski definition) is 3. The number of aliphatic carboxylic acids is 1. The topological polar surface area (TPSA) is 69.6 Å². The summed E-state index contributed by atoms with van der Waals surface area (Å²) in [5.74, 6) is 0.389. The van der Waals surface area contributed by atoms with Gasteiger partial charge in [0.1, 0.15) is 6.54 Å². The number of hydrogen-bond donors (Lipinski definition) is 2. The SMILES string of the molecule is CCCN(CC(=O)O)C(=O)NCC(C)CSC. The van der Waals surface area contributed by atoms with Crippen LogP contribution in [0.3, 0.4) is 0 Å². The fraction of sp³-hybridized carbons (Fsp3) is 0.818. The molecular formula is C11H22N2O3S. The maximum atomic E-state index is 11.7. The zero-order valence-electron chi connectivity index (χ0n) is 10.7. The summed E-state index contributed by atoms with van der Waals surface area (Å²) >= 11 is 1.73. The Morgan fingerprint density at radius 2 is 2.12 bits per heavy atom. The van der Waals surface area contributed by atoms with Crippen molar-refractivity contribution in [2.45, 2.75) is 20.3 Å². The minimum absolute atomic E-state index is 0.240. The zero-order valence-corrected chi connectivity index (χ0v) is 11.5. The monoisotopic (exact) mass is 262 g/mol. The smallest absolute Gasteiger partial charge is 0.323 e. The van der Waals surface area contributed by atoms with E-state index in [1.807, 2.05) is 13.2 Å². The minimum atomic E-state index is -0.981. The molecule has 2 N–H and O–H groups in total. The Labute approximate surface area is 107 Å². The zero-order chi connectivity index (χ0) is 13.3. The van der Waals surface area contributed by atoms with Crippen molar-refractivity contribution < 1.29 is 14.7 Å². The molecule has 0 aliphatic heterocycles. The lowest BCUT2D eigenvalue weighted by Gasteiger charge is -2.21. The van der Waals surface area contributed by atoms with Crippen LogP contribution in [0.15, 0.2) is 0 Å². The van der Waals surface area contributed by atoms with Crippen LogP contribution in [0.5, 0.6) is 0 Å². The summed E-state index contributed by atoms with van der Waals surface area (Å²) in [5, 5.41) is 11.5. The Bertz CT molecular complexity index is 249. The first-order valence-electron chi connectivity index (χ1n) is 5.74. The van der Waals surface area contributed by atoms with Gasteiger partial charge in [-0.1, -0.05) is 13.8 Å². The third-order valence-corrected chi connectivity index (χ3v) is 3.06. The first-order valence-corrected chi connectivity index (χ1v) is 7.14. The van der Waals surface area contributed by atoms with Crippen molar-refractivity contribution >= 4 is 23.8 Å². The number of amides is 2. The molecule has 0 aliphatic rings. The second-order valence-electron chi connectivity index (χ2n) is 4.06. The van der Waals surface area contributed by atoms with Gasteiger partial charge < -0.3 is 15.3 Å². The van der Waals surface area contributed by atoms with E-state index in [0.29, 0.717) is 19.0 Å². The molecule has 0 aromatic rings. The van der Waals surface area contributed by atoms with Crippen molar-refractivity contribution in [2.75, 3.05) is 31.6 Å². The van der Waals surface area contributed by atoms with Crippen LogP contribution in [0.4, 0.5) is 4.79 Å². The number of carboxylic acid groups (broad SMARTS) is 1. The molecule has 2 amide bonds. The summed E-state index contributed by atoms with van der Waals surface area (Å²) in [6.07, 6.45) is 2.77. The van der Waals surface area contributed by atoms with Gasteiger partial charge in [0.25, 0.3) is 0 Å². The lowest BCUT2D eigenvalue weighted by molar-refractivity contribution is -0.137. The largest absolute Gasteiger partial charge is 0.480 e. The summed E-state index contributed by atoms with van der Waals surface area (Å²) in [6.45, 7) is 4.78. The number of carbonyl (C=O) groups excluding carboxylic acids is 1. The predicted octanol–water partition coefficient (Wildman–Crippen LogP) is 1.49. The fourth-order valence-electron chi connectivity index (χ4n) is 1.40. The van der Waals surface area contributed by atoms with Crippen LogP contribution in [0, 0.1) is 5.92 Å². The van der Waals surface area contributed by atoms with E-state index in [0.717, 1.165) is 12.2 Å². The van der Waals surface area contributed by atoms with Crippen molar-refractivity contribution in [1.82, 2.24) is 10.2 Å². The van der Waals surface area contributed by atoms with Gasteiger partial charge in [0.05, 0.1) is 0 Å². The standard InChI is InChI=1S/C11H22N2O3S/c1-4-5-13(7-10(14)15)11(16)12-6-9(2)8-17-3/h9H,4-8H2,1-3H3,(H,12,16)(H,14,15). The van der Waals surface area contributed by atoms with Gasteiger partial charge in [-0.2, -0.15) is 11.8 Å². The summed E-state index contributed by atoms with van der Waals surface area (Å²) in [5.41, 5.74) is 0. The van der Waals surface area contributed by atoms with Gasteiger partial charge in [-0.15, -0.1) is 0 Å². The molecule has 0 aromatic heterocycles. The van der Waals surface area contributed by atoms with E-state index in [2.05, 4.69) is 12.2 Å². The van der Waals surface area contributed by atoms with Crippen molar-refractivity contribution in [1.29, 1.82) is 0 Å². The highest BCUT2D eigenvalue weighted by molar-refractivity contribution is 7.98. The van der Waals surface area contributed by atoms with Gasteiger partial charge in [0.15, 0.2) is 0 Å². The first-order chi connectivity index (χ1) is 8.01. The van der Waals surface area contributed by atoms with E-state index < -0.39 is 5.97 Å². The average Bonchev–Trinajstić information content (AvgIpc) is 2.25. The number of urea groups is 1. The Kier molecular flexibility index (Phi) is 8.66. The molecule has 0 radical (unpaired) electrons. The quantitative estimate of drug-likeness (QED) is 0.695. The van der Waals surface area contributed by atoms with Gasteiger partial charge in [-0.3, -0.25) is 4.79 Å². The second-order valence-corrected chi connectivity index (χ2v) is 4.97. The van der Waals surface area contributed by atoms with E-state index >= 15 is 0 Å². The number of nitrogens with zero attached hydrogens (tertiary/aromatic N) is 1. The van der Waals surface area contributed by atoms with Crippen LogP contribution in [-0.2, 0) is 4.79 Å². The molecule has 1 unspecified atom stereocenters. The Morgan fingerprint density at radius 1 is 1.47 bits per heavy atom. The van der Waals surface area contributed by atoms with Crippen molar-refractivity contribution in [2.24, 2.45) is 5.92 Å². The van der Waals surface area contributed by atoms with Gasteiger partial charge in [-0.25, -0.2) is 4.79 Å². The Hall–Kier alpha value is -0.910. The van der Waals surface area contributed by atoms with Gasteiger partial charge in [0, 0.05) is 13.1 Å². The maximum Gasteiger partial charge on any atom is 0.323 e. The summed E-state index contributed by atoms with van der Waals surface area (Å²) in [7, 11) is 0. The van der Waals surface area contributed by atoms with Crippen molar-refractivity contribution in [3.63, 3.8) is 0 Å². The molecule has 100 valence electrons. The number of carboxylic acids is 1. The number of thioether (sulfide) groups is 1. The molecule has 0 fully saturated rings. The summed E-state index contributed by atoms with van der Waals surface area (Å²) in [6, 6.07) is -0.290. The Balaban J connectivity index is 4.08. The summed E-state index contributed by atoms with van der Waals surface area (Å²) < 4.78 is 0. The van der Waals surface area contributed by atoms with Crippen molar-refractivity contribution in [3.05, 3.63) is 0 Å². The van der Waals surface area contributed by atoms with Crippen LogP contribution < -0.4 is 5.32 Å². The molecule has 17 heavy (non-hydrogen) atoms. The van der Waals surface area contributed by atoms with Gasteiger partial charge >= 0.3 is 12.0 Å². The molecule has 0 spiro atoms. The molecule has 0 rings (SSSR count). The van der Waals surface area contributed by atoms with E-state index in [1.165, 1.54) is 4.90 Å². The number of carbonyl (C=O) groups is 2. The highest BCUT2D eigenvalue weighted by Gasteiger charge is 2.15. The number of nitrogens with one attached hydrogen (secondary N) is 1. The normalized spacial score (nSPS) is 11.9. The van der Waals surface area contributed by atoms with E-state index in [9.17, 15) is 9.59 Å². The van der Waals surface area contributed by atoms with Crippen LogP contribution in [0.2, 0.25) is 0 Å². The molecule has 5 nitrogen and oxygen atoms in total. The lowest BCUT2D eigenvalue weighted by atomic mass is 10.2. The number of rotatable bonds is 8. The van der Waals surface area contributed by atoms with Crippen LogP contribution in [0.25, 0.3) is 0 Å². The average molecular weight is 262 g/mol. The van der Waals surface area contributed by atoms with Crippen molar-refractivity contribution in [3.8, 4) is 0 Å². The van der Waals surface area contributed by atoms with Crippen LogP contribution in [0.1, 0.15) is 20.3 Å². The van der Waals surface area contributed by atoms with E-state index in [1.54, 1.807) is 11.8 Å². The molecule has 0 heterocycles. The molecule has 0 saturated heterocycles. The third kappa shape index (κ3) is 7.90. The molecule has 0 aromatic carbocycles. The Morgan fingerprint density at radius 3 is 2.59 bits per heavy atom. The summed E-state index contributed by atoms with van der Waals surface area (Å²) in [4.78, 5) is 23.7. The molecule has 0 saturated carbocycles. The van der Waals surface area contributed by atoms with Gasteiger partial charge in [-0.05, 0) is 24.3 Å². The predicted molar refractivity (Wildman–Crippen MR) is 70.4 cm³/mol. The molecule has 0 aliphatic carbocycles. The minimum Gasteiger partial charge on any atom is -0.480 e. The maximum absolute atomic E-state index is 11.7. The second kappa shape index (κ2) is 9.15.